The van der Waals surface area contributed by atoms with Crippen LogP contribution in [-0.4, -0.2) is 12.4 Å². The van der Waals surface area contributed by atoms with Crippen molar-refractivity contribution in [1.82, 2.24) is 0 Å². The fourth-order valence-electron chi connectivity index (χ4n) is 1.38. The molecule has 0 radical (unpaired) electrons. The van der Waals surface area contributed by atoms with Crippen molar-refractivity contribution in [3.8, 4) is 11.8 Å². The van der Waals surface area contributed by atoms with Gasteiger partial charge in [0.2, 0.25) is 5.78 Å². The first-order valence-electron chi connectivity index (χ1n) is 5.20. The normalized spacial score (nSPS) is 9.95. The molecule has 19 heavy (non-hydrogen) atoms. The molecule has 96 valence electrons. The minimum absolute atomic E-state index is 0.0681. The van der Waals surface area contributed by atoms with E-state index in [0.29, 0.717) is 21.2 Å². The number of thiophene rings is 1. The van der Waals surface area contributed by atoms with E-state index in [4.69, 9.17) is 21.6 Å². The van der Waals surface area contributed by atoms with Gasteiger partial charge in [-0.3, -0.25) is 4.79 Å². The van der Waals surface area contributed by atoms with E-state index in [1.165, 1.54) is 17.4 Å². The van der Waals surface area contributed by atoms with Crippen LogP contribution in [0.3, 0.4) is 0 Å². The van der Waals surface area contributed by atoms with Crippen LogP contribution in [0.2, 0.25) is 5.02 Å². The summed E-state index contributed by atoms with van der Waals surface area (Å²) in [5.41, 5.74) is 0.376. The maximum absolute atomic E-state index is 11.9. The van der Waals surface area contributed by atoms with Gasteiger partial charge in [0, 0.05) is 10.5 Å². The largest absolute Gasteiger partial charge is 0.485 e. The fraction of sp³-hybridized carbons (Fsp3) is 0.0769. The quantitative estimate of drug-likeness (QED) is 0.768. The number of carbonyl (C=O) groups is 1. The number of hydrogen-bond donors (Lipinski definition) is 0. The first-order valence-corrected chi connectivity index (χ1v) is 7.25. The zero-order valence-corrected chi connectivity index (χ0v) is 12.7. The summed E-state index contributed by atoms with van der Waals surface area (Å²) in [6.45, 7) is -0.0681. The van der Waals surface area contributed by atoms with Crippen LogP contribution in [0.25, 0.3) is 0 Å². The number of carbonyl (C=O) groups excluding carboxylic acids is 1. The molecule has 0 spiro atoms. The highest BCUT2D eigenvalue weighted by molar-refractivity contribution is 9.10. The molecule has 0 aliphatic carbocycles. The van der Waals surface area contributed by atoms with E-state index in [-0.39, 0.29) is 12.4 Å². The van der Waals surface area contributed by atoms with Gasteiger partial charge in [0.1, 0.15) is 11.8 Å². The molecule has 0 aliphatic heterocycles. The molecule has 0 saturated carbocycles. The molecule has 0 bridgehead atoms. The third kappa shape index (κ3) is 3.35. The van der Waals surface area contributed by atoms with Gasteiger partial charge >= 0.3 is 0 Å². The van der Waals surface area contributed by atoms with Crippen LogP contribution in [0.4, 0.5) is 0 Å². The summed E-state index contributed by atoms with van der Waals surface area (Å²) in [7, 11) is 0. The third-order valence-electron chi connectivity index (χ3n) is 2.30. The van der Waals surface area contributed by atoms with E-state index >= 15 is 0 Å². The summed E-state index contributed by atoms with van der Waals surface area (Å²) in [5, 5.41) is 10.9. The smallest absolute Gasteiger partial charge is 0.211 e. The summed E-state index contributed by atoms with van der Waals surface area (Å²) >= 11 is 10.5. The Labute approximate surface area is 127 Å². The molecule has 2 rings (SSSR count). The second-order valence-electron chi connectivity index (χ2n) is 3.56. The highest BCUT2D eigenvalue weighted by Gasteiger charge is 2.12. The van der Waals surface area contributed by atoms with Crippen molar-refractivity contribution < 1.29 is 9.53 Å². The van der Waals surface area contributed by atoms with E-state index in [1.54, 1.807) is 12.1 Å². The van der Waals surface area contributed by atoms with Gasteiger partial charge in [-0.15, -0.1) is 11.3 Å². The van der Waals surface area contributed by atoms with Crippen molar-refractivity contribution in [2.24, 2.45) is 0 Å². The first kappa shape index (κ1) is 14.1. The fourth-order valence-corrected chi connectivity index (χ4v) is 3.12. The van der Waals surface area contributed by atoms with Crippen molar-refractivity contribution >= 4 is 44.7 Å². The Balaban J connectivity index is 2.04. The van der Waals surface area contributed by atoms with Crippen molar-refractivity contribution in [2.75, 3.05) is 6.61 Å². The SMILES string of the molecule is N#Cc1ccc(OCC(=O)c2sccc2Br)cc1Cl. The second-order valence-corrected chi connectivity index (χ2v) is 5.74. The molecule has 6 heteroatoms. The molecule has 1 heterocycles. The Bertz CT molecular complexity index is 663. The van der Waals surface area contributed by atoms with E-state index in [0.717, 1.165) is 4.47 Å². The maximum atomic E-state index is 11.9. The van der Waals surface area contributed by atoms with Gasteiger partial charge < -0.3 is 4.74 Å². The minimum atomic E-state index is -0.109. The van der Waals surface area contributed by atoms with E-state index in [9.17, 15) is 4.79 Å². The molecule has 0 atom stereocenters. The second kappa shape index (κ2) is 6.20. The standard InChI is InChI=1S/C13H7BrClNO2S/c14-10-3-4-19-13(10)12(17)7-18-9-2-1-8(6-16)11(15)5-9/h1-5H,7H2. The Morgan fingerprint density at radius 3 is 2.84 bits per heavy atom. The summed E-state index contributed by atoms with van der Waals surface area (Å²) in [5.74, 6) is 0.354. The number of benzene rings is 1. The molecule has 0 saturated heterocycles. The molecule has 0 unspecified atom stereocenters. The monoisotopic (exact) mass is 355 g/mol. The lowest BCUT2D eigenvalue weighted by Crippen LogP contribution is -2.10. The number of ether oxygens (including phenoxy) is 1. The summed E-state index contributed by atoms with van der Waals surface area (Å²) in [6, 6.07) is 8.47. The molecule has 0 aliphatic rings. The Hall–Kier alpha value is -1.35. The lowest BCUT2D eigenvalue weighted by atomic mass is 10.2. The lowest BCUT2D eigenvalue weighted by Gasteiger charge is -2.05. The van der Waals surface area contributed by atoms with Crippen LogP contribution in [0.15, 0.2) is 34.1 Å². The predicted molar refractivity (Wildman–Crippen MR) is 78.0 cm³/mol. The van der Waals surface area contributed by atoms with Crippen LogP contribution in [-0.2, 0) is 0 Å². The predicted octanol–water partition coefficient (Wildman–Crippen LogP) is 4.30. The van der Waals surface area contributed by atoms with Gasteiger partial charge in [-0.1, -0.05) is 11.6 Å². The zero-order valence-electron chi connectivity index (χ0n) is 9.52. The molecular weight excluding hydrogens is 350 g/mol. The Kier molecular flexibility index (Phi) is 4.59. The topological polar surface area (TPSA) is 50.1 Å². The van der Waals surface area contributed by atoms with Crippen LogP contribution in [0.5, 0.6) is 5.75 Å². The average Bonchev–Trinajstić information content (AvgIpc) is 2.82. The number of Topliss-reactive ketones (excluding diaryl/α,β-unsaturated/α-hetero) is 1. The van der Waals surface area contributed by atoms with Crippen LogP contribution in [0.1, 0.15) is 15.2 Å². The Morgan fingerprint density at radius 1 is 1.47 bits per heavy atom. The molecule has 0 N–H and O–H groups in total. The summed E-state index contributed by atoms with van der Waals surface area (Å²) in [4.78, 5) is 12.5. The van der Waals surface area contributed by atoms with Gasteiger partial charge in [0.15, 0.2) is 6.61 Å². The van der Waals surface area contributed by atoms with Gasteiger partial charge in [0.25, 0.3) is 0 Å². The zero-order chi connectivity index (χ0) is 13.8. The van der Waals surface area contributed by atoms with E-state index in [1.807, 2.05) is 17.5 Å². The number of nitriles is 1. The summed E-state index contributed by atoms with van der Waals surface area (Å²) < 4.78 is 6.14. The third-order valence-corrected chi connectivity index (χ3v) is 4.49. The average molecular weight is 357 g/mol. The van der Waals surface area contributed by atoms with E-state index in [2.05, 4.69) is 15.9 Å². The minimum Gasteiger partial charge on any atom is -0.485 e. The highest BCUT2D eigenvalue weighted by atomic mass is 79.9. The van der Waals surface area contributed by atoms with Crippen molar-refractivity contribution in [3.05, 3.63) is 49.6 Å². The van der Waals surface area contributed by atoms with Crippen molar-refractivity contribution in [1.29, 1.82) is 5.26 Å². The molecule has 0 amide bonds. The number of nitrogens with zero attached hydrogens (tertiary/aromatic N) is 1. The Morgan fingerprint density at radius 2 is 2.26 bits per heavy atom. The van der Waals surface area contributed by atoms with Crippen LogP contribution >= 0.6 is 38.9 Å². The molecular formula is C13H7BrClNO2S. The van der Waals surface area contributed by atoms with Gasteiger partial charge in [0.05, 0.1) is 15.5 Å². The number of rotatable bonds is 4. The number of halogens is 2. The molecule has 2 aromatic rings. The van der Waals surface area contributed by atoms with Gasteiger partial charge in [-0.25, -0.2) is 0 Å². The van der Waals surface area contributed by atoms with E-state index < -0.39 is 0 Å². The van der Waals surface area contributed by atoms with Gasteiger partial charge in [-0.05, 0) is 39.5 Å². The van der Waals surface area contributed by atoms with Gasteiger partial charge in [-0.2, -0.15) is 5.26 Å². The number of hydrogen-bond acceptors (Lipinski definition) is 4. The maximum Gasteiger partial charge on any atom is 0.211 e. The molecule has 0 fully saturated rings. The summed E-state index contributed by atoms with van der Waals surface area (Å²) in [6.07, 6.45) is 0. The highest BCUT2D eigenvalue weighted by Crippen LogP contribution is 2.25. The number of ketones is 1. The molecule has 1 aromatic carbocycles. The lowest BCUT2D eigenvalue weighted by molar-refractivity contribution is 0.0925. The molecule has 1 aromatic heterocycles. The first-order chi connectivity index (χ1) is 9.11. The van der Waals surface area contributed by atoms with Crippen LogP contribution < -0.4 is 4.74 Å². The van der Waals surface area contributed by atoms with Crippen molar-refractivity contribution in [2.45, 2.75) is 0 Å². The van der Waals surface area contributed by atoms with Crippen LogP contribution in [0, 0.1) is 11.3 Å². The molecule has 3 nitrogen and oxygen atoms in total. The van der Waals surface area contributed by atoms with Crippen molar-refractivity contribution in [3.63, 3.8) is 0 Å².